The lowest BCUT2D eigenvalue weighted by atomic mass is 10.1. The van der Waals surface area contributed by atoms with Gasteiger partial charge in [-0.1, -0.05) is 20.3 Å². The second-order valence-electron chi connectivity index (χ2n) is 8.20. The van der Waals surface area contributed by atoms with E-state index in [9.17, 15) is 9.59 Å². The van der Waals surface area contributed by atoms with E-state index in [2.05, 4.69) is 12.2 Å². The van der Waals surface area contributed by atoms with Crippen LogP contribution in [0.15, 0.2) is 12.1 Å². The van der Waals surface area contributed by atoms with Crippen molar-refractivity contribution in [3.05, 3.63) is 23.8 Å². The number of carbonyl (C=O) groups is 2. The highest BCUT2D eigenvalue weighted by molar-refractivity contribution is 5.90. The van der Waals surface area contributed by atoms with E-state index < -0.39 is 23.8 Å². The number of nitrogens with zero attached hydrogens (tertiary/aromatic N) is 2. The Kier molecular flexibility index (Phi) is 7.15. The minimum Gasteiger partial charge on any atom is -0.442 e. The maximum atomic E-state index is 15.0. The average Bonchev–Trinajstić information content (AvgIpc) is 3.23. The third-order valence-corrected chi connectivity index (χ3v) is 5.86. The number of nitrogens with one attached hydrogen (secondary N) is 1. The molecule has 1 aromatic rings. The molecule has 2 heterocycles. The molecule has 2 fully saturated rings. The number of carbonyl (C=O) groups excluding carboxylic acids is 2. The zero-order valence-electron chi connectivity index (χ0n) is 17.9. The molecule has 2 saturated heterocycles. The van der Waals surface area contributed by atoms with E-state index in [4.69, 9.17) is 4.74 Å². The summed E-state index contributed by atoms with van der Waals surface area (Å²) in [5, 5.41) is 2.71. The van der Waals surface area contributed by atoms with Crippen molar-refractivity contribution in [1.29, 1.82) is 0 Å². The molecule has 2 amide bonds. The zero-order chi connectivity index (χ0) is 21.8. The molecule has 0 aliphatic carbocycles. The Labute approximate surface area is 176 Å². The highest BCUT2D eigenvalue weighted by Crippen LogP contribution is 2.38. The maximum Gasteiger partial charge on any atom is 0.414 e. The van der Waals surface area contributed by atoms with Crippen LogP contribution >= 0.6 is 0 Å². The van der Waals surface area contributed by atoms with E-state index in [1.807, 2.05) is 18.7 Å². The summed E-state index contributed by atoms with van der Waals surface area (Å²) in [7, 11) is 0. The van der Waals surface area contributed by atoms with E-state index in [1.165, 1.54) is 17.0 Å². The largest absolute Gasteiger partial charge is 0.442 e. The van der Waals surface area contributed by atoms with Crippen LogP contribution < -0.4 is 15.1 Å². The van der Waals surface area contributed by atoms with Crippen LogP contribution in [-0.4, -0.2) is 43.3 Å². The van der Waals surface area contributed by atoms with Gasteiger partial charge >= 0.3 is 6.09 Å². The standard InChI is InChI=1S/C22H31F2N3O3/c1-4-6-15-9-8-14(3)27(15)21-18(23)10-16(11-19(21)24)26-13-17(30-22(26)29)12-25-20(28)7-5-2/h10-11,14-15,17H,4-9,12-13H2,1-3H3,(H,25,28)/t14?,15?,17-/m0/s1. The molecule has 1 aromatic carbocycles. The second-order valence-corrected chi connectivity index (χ2v) is 8.20. The number of benzene rings is 1. The van der Waals surface area contributed by atoms with Gasteiger partial charge in [-0.15, -0.1) is 0 Å². The van der Waals surface area contributed by atoms with Crippen molar-refractivity contribution in [1.82, 2.24) is 5.32 Å². The van der Waals surface area contributed by atoms with Crippen LogP contribution in [0.25, 0.3) is 0 Å². The van der Waals surface area contributed by atoms with Crippen LogP contribution in [0, 0.1) is 11.6 Å². The molecule has 8 heteroatoms. The minimum absolute atomic E-state index is 0.0156. The fourth-order valence-corrected chi connectivity index (χ4v) is 4.43. The van der Waals surface area contributed by atoms with Gasteiger partial charge in [-0.3, -0.25) is 9.69 Å². The first-order chi connectivity index (χ1) is 14.3. The summed E-state index contributed by atoms with van der Waals surface area (Å²) in [4.78, 5) is 26.9. The quantitative estimate of drug-likeness (QED) is 0.675. The van der Waals surface area contributed by atoms with Gasteiger partial charge in [0.1, 0.15) is 11.8 Å². The number of amides is 2. The van der Waals surface area contributed by atoms with Gasteiger partial charge in [0.25, 0.3) is 0 Å². The van der Waals surface area contributed by atoms with E-state index in [0.29, 0.717) is 6.42 Å². The first-order valence-electron chi connectivity index (χ1n) is 10.9. The molecule has 3 atom stereocenters. The van der Waals surface area contributed by atoms with Crippen molar-refractivity contribution in [2.24, 2.45) is 0 Å². The fraction of sp³-hybridized carbons (Fsp3) is 0.636. The molecule has 0 radical (unpaired) electrons. The van der Waals surface area contributed by atoms with Gasteiger partial charge in [0.15, 0.2) is 11.6 Å². The molecule has 2 unspecified atom stereocenters. The number of hydrogen-bond acceptors (Lipinski definition) is 4. The van der Waals surface area contributed by atoms with E-state index in [1.54, 1.807) is 0 Å². The predicted molar refractivity (Wildman–Crippen MR) is 112 cm³/mol. The molecular weight excluding hydrogens is 392 g/mol. The Hall–Kier alpha value is -2.38. The SMILES string of the molecule is CCCC(=O)NC[C@H]1CN(c2cc(F)c(N3C(C)CCC3CCC)c(F)c2)C(=O)O1. The van der Waals surface area contributed by atoms with Gasteiger partial charge in [0.05, 0.1) is 18.8 Å². The predicted octanol–water partition coefficient (Wildman–Crippen LogP) is 4.36. The van der Waals surface area contributed by atoms with Crippen molar-refractivity contribution in [2.45, 2.75) is 77.5 Å². The lowest BCUT2D eigenvalue weighted by Crippen LogP contribution is -2.36. The van der Waals surface area contributed by atoms with Crippen molar-refractivity contribution in [3.63, 3.8) is 0 Å². The maximum absolute atomic E-state index is 15.0. The lowest BCUT2D eigenvalue weighted by Gasteiger charge is -2.32. The van der Waals surface area contributed by atoms with Crippen LogP contribution in [0.5, 0.6) is 0 Å². The van der Waals surface area contributed by atoms with Crippen LogP contribution in [0.1, 0.15) is 59.3 Å². The Morgan fingerprint density at radius 3 is 2.53 bits per heavy atom. The van der Waals surface area contributed by atoms with Crippen LogP contribution in [0.2, 0.25) is 0 Å². The zero-order valence-corrected chi connectivity index (χ0v) is 17.9. The normalized spacial score (nSPS) is 23.8. The highest BCUT2D eigenvalue weighted by Gasteiger charge is 2.36. The van der Waals surface area contributed by atoms with Gasteiger partial charge in [0.2, 0.25) is 5.91 Å². The first-order valence-corrected chi connectivity index (χ1v) is 10.9. The molecular formula is C22H31F2N3O3. The Bertz CT molecular complexity index is 764. The van der Waals surface area contributed by atoms with Gasteiger partial charge < -0.3 is 15.0 Å². The van der Waals surface area contributed by atoms with E-state index in [0.717, 1.165) is 32.1 Å². The third kappa shape index (κ3) is 4.68. The fourth-order valence-electron chi connectivity index (χ4n) is 4.43. The van der Waals surface area contributed by atoms with Gasteiger partial charge in [-0.05, 0) is 32.6 Å². The molecule has 6 nitrogen and oxygen atoms in total. The molecule has 3 rings (SSSR count). The monoisotopic (exact) mass is 423 g/mol. The Morgan fingerprint density at radius 1 is 1.20 bits per heavy atom. The molecule has 2 aliphatic rings. The summed E-state index contributed by atoms with van der Waals surface area (Å²) in [6.45, 7) is 6.25. The van der Waals surface area contributed by atoms with Crippen LogP contribution in [0.3, 0.4) is 0 Å². The second kappa shape index (κ2) is 9.62. The molecule has 0 saturated carbocycles. The lowest BCUT2D eigenvalue weighted by molar-refractivity contribution is -0.121. The molecule has 0 aromatic heterocycles. The van der Waals surface area contributed by atoms with Gasteiger partial charge in [-0.25, -0.2) is 13.6 Å². The van der Waals surface area contributed by atoms with Crippen molar-refractivity contribution < 1.29 is 23.1 Å². The van der Waals surface area contributed by atoms with Gasteiger partial charge in [-0.2, -0.15) is 0 Å². The molecule has 0 bridgehead atoms. The summed E-state index contributed by atoms with van der Waals surface area (Å²) in [5.74, 6) is -1.46. The molecule has 0 spiro atoms. The first kappa shape index (κ1) is 22.3. The smallest absolute Gasteiger partial charge is 0.414 e. The summed E-state index contributed by atoms with van der Waals surface area (Å²) in [5.41, 5.74) is 0.109. The number of rotatable bonds is 8. The summed E-state index contributed by atoms with van der Waals surface area (Å²) >= 11 is 0. The van der Waals surface area contributed by atoms with E-state index >= 15 is 8.78 Å². The molecule has 30 heavy (non-hydrogen) atoms. The third-order valence-electron chi connectivity index (χ3n) is 5.86. The Balaban J connectivity index is 1.75. The summed E-state index contributed by atoms with van der Waals surface area (Å²) in [6.07, 6.45) is 3.54. The summed E-state index contributed by atoms with van der Waals surface area (Å²) < 4.78 is 35.3. The topological polar surface area (TPSA) is 61.9 Å². The highest BCUT2D eigenvalue weighted by atomic mass is 19.1. The average molecular weight is 424 g/mol. The minimum atomic E-state index is -0.674. The number of cyclic esters (lactones) is 1. The van der Waals surface area contributed by atoms with Crippen molar-refractivity contribution in [3.8, 4) is 0 Å². The molecule has 166 valence electrons. The number of halogens is 2. The van der Waals surface area contributed by atoms with E-state index in [-0.39, 0.29) is 42.5 Å². The van der Waals surface area contributed by atoms with Crippen LogP contribution in [0.4, 0.5) is 25.0 Å². The Morgan fingerprint density at radius 2 is 1.90 bits per heavy atom. The van der Waals surface area contributed by atoms with Crippen molar-refractivity contribution >= 4 is 23.4 Å². The summed E-state index contributed by atoms with van der Waals surface area (Å²) in [6, 6.07) is 2.58. The molecule has 1 N–H and O–H groups in total. The van der Waals surface area contributed by atoms with Crippen molar-refractivity contribution in [2.75, 3.05) is 22.9 Å². The number of hydrogen-bond donors (Lipinski definition) is 1. The number of anilines is 2. The van der Waals surface area contributed by atoms with Crippen LogP contribution in [-0.2, 0) is 9.53 Å². The number of ether oxygens (including phenoxy) is 1. The molecule has 2 aliphatic heterocycles. The van der Waals surface area contributed by atoms with Gasteiger partial charge in [0, 0.05) is 30.6 Å².